The molecule has 2 N–H and O–H groups in total. The molecule has 0 heterocycles. The van der Waals surface area contributed by atoms with E-state index in [9.17, 15) is 4.79 Å². The molecular formula is C14H25NO. The molecule has 2 nitrogen and oxygen atoms in total. The molecule has 2 bridgehead atoms. The summed E-state index contributed by atoms with van der Waals surface area (Å²) in [6.45, 7) is 4.37. The molecule has 92 valence electrons. The van der Waals surface area contributed by atoms with Crippen molar-refractivity contribution in [1.29, 1.82) is 0 Å². The summed E-state index contributed by atoms with van der Waals surface area (Å²) < 4.78 is 0. The van der Waals surface area contributed by atoms with Gasteiger partial charge in [0, 0.05) is 18.4 Å². The minimum atomic E-state index is 0.181. The topological polar surface area (TPSA) is 43.1 Å². The maximum Gasteiger partial charge on any atom is 0.138 e. The molecule has 0 amide bonds. The summed E-state index contributed by atoms with van der Waals surface area (Å²) in [5.41, 5.74) is 6.20. The van der Waals surface area contributed by atoms with Crippen molar-refractivity contribution in [1.82, 2.24) is 0 Å². The van der Waals surface area contributed by atoms with Crippen molar-refractivity contribution >= 4 is 5.78 Å². The van der Waals surface area contributed by atoms with E-state index in [4.69, 9.17) is 5.73 Å². The van der Waals surface area contributed by atoms with Crippen LogP contribution in [0.25, 0.3) is 0 Å². The van der Waals surface area contributed by atoms with Gasteiger partial charge >= 0.3 is 0 Å². The summed E-state index contributed by atoms with van der Waals surface area (Å²) in [5, 5.41) is 0. The van der Waals surface area contributed by atoms with E-state index < -0.39 is 0 Å². The van der Waals surface area contributed by atoms with Crippen LogP contribution >= 0.6 is 0 Å². The Morgan fingerprint density at radius 1 is 1.25 bits per heavy atom. The average molecular weight is 223 g/mol. The van der Waals surface area contributed by atoms with Crippen molar-refractivity contribution in [3.05, 3.63) is 0 Å². The normalized spacial score (nSPS) is 37.2. The quantitative estimate of drug-likeness (QED) is 0.778. The Kier molecular flexibility index (Phi) is 3.68. The summed E-state index contributed by atoms with van der Waals surface area (Å²) >= 11 is 0. The van der Waals surface area contributed by atoms with Gasteiger partial charge in [0.2, 0.25) is 0 Å². The third-order valence-electron chi connectivity index (χ3n) is 5.00. The van der Waals surface area contributed by atoms with Crippen LogP contribution in [-0.2, 0) is 4.79 Å². The monoisotopic (exact) mass is 223 g/mol. The molecule has 2 aliphatic carbocycles. The zero-order valence-corrected chi connectivity index (χ0v) is 10.6. The van der Waals surface area contributed by atoms with Gasteiger partial charge in [-0.1, -0.05) is 26.7 Å². The van der Waals surface area contributed by atoms with Gasteiger partial charge in [0.05, 0.1) is 0 Å². The van der Waals surface area contributed by atoms with E-state index in [1.54, 1.807) is 0 Å². The highest BCUT2D eigenvalue weighted by molar-refractivity contribution is 5.82. The molecular weight excluding hydrogens is 198 g/mol. The molecule has 2 saturated carbocycles. The highest BCUT2D eigenvalue weighted by Gasteiger charge is 2.48. The number of rotatable bonds is 5. The van der Waals surface area contributed by atoms with Gasteiger partial charge < -0.3 is 5.73 Å². The summed E-state index contributed by atoms with van der Waals surface area (Å²) in [6.07, 6.45) is 6.75. The van der Waals surface area contributed by atoms with Gasteiger partial charge in [-0.2, -0.15) is 0 Å². The molecule has 0 saturated heterocycles. The molecule has 0 radical (unpaired) electrons. The molecule has 0 aromatic heterocycles. The largest absolute Gasteiger partial charge is 0.327 e. The summed E-state index contributed by atoms with van der Waals surface area (Å²) in [4.78, 5) is 12.3. The summed E-state index contributed by atoms with van der Waals surface area (Å²) in [5.74, 6) is 2.54. The molecule has 4 unspecified atom stereocenters. The van der Waals surface area contributed by atoms with Crippen LogP contribution in [0.15, 0.2) is 0 Å². The van der Waals surface area contributed by atoms with Crippen LogP contribution in [0.5, 0.6) is 0 Å². The number of fused-ring (bicyclic) bond motifs is 2. The predicted molar refractivity (Wildman–Crippen MR) is 66.0 cm³/mol. The fourth-order valence-electron chi connectivity index (χ4n) is 3.81. The van der Waals surface area contributed by atoms with Crippen LogP contribution in [0.4, 0.5) is 0 Å². The minimum absolute atomic E-state index is 0.181. The van der Waals surface area contributed by atoms with Gasteiger partial charge in [-0.15, -0.1) is 0 Å². The summed E-state index contributed by atoms with van der Waals surface area (Å²) in [7, 11) is 0. The second-order valence-electron chi connectivity index (χ2n) is 5.79. The van der Waals surface area contributed by atoms with Gasteiger partial charge in [-0.05, 0) is 37.0 Å². The van der Waals surface area contributed by atoms with Gasteiger partial charge in [-0.25, -0.2) is 0 Å². The molecule has 0 aliphatic heterocycles. The van der Waals surface area contributed by atoms with E-state index in [0.717, 1.165) is 19.3 Å². The third kappa shape index (κ3) is 2.04. The van der Waals surface area contributed by atoms with E-state index in [1.807, 2.05) is 0 Å². The second-order valence-corrected chi connectivity index (χ2v) is 5.79. The first-order valence-electron chi connectivity index (χ1n) is 6.95. The first-order chi connectivity index (χ1) is 7.67. The Labute approximate surface area is 99.0 Å². The molecule has 2 aliphatic rings. The zero-order valence-electron chi connectivity index (χ0n) is 10.6. The van der Waals surface area contributed by atoms with Crippen molar-refractivity contribution in [2.45, 2.75) is 58.4 Å². The third-order valence-corrected chi connectivity index (χ3v) is 5.00. The fraction of sp³-hybridized carbons (Fsp3) is 0.929. The Morgan fingerprint density at radius 2 is 1.88 bits per heavy atom. The molecule has 0 aromatic carbocycles. The van der Waals surface area contributed by atoms with E-state index >= 15 is 0 Å². The van der Waals surface area contributed by atoms with E-state index in [2.05, 4.69) is 13.8 Å². The highest BCUT2D eigenvalue weighted by Crippen LogP contribution is 2.48. The van der Waals surface area contributed by atoms with Crippen LogP contribution in [0.3, 0.4) is 0 Å². The van der Waals surface area contributed by atoms with Crippen LogP contribution < -0.4 is 5.73 Å². The number of carbonyl (C=O) groups excluding carboxylic acids is 1. The average Bonchev–Trinajstić information content (AvgIpc) is 2.85. The molecule has 2 fully saturated rings. The number of Topliss-reactive ketones (excluding diaryl/α,β-unsaturated/α-hetero) is 1. The number of nitrogens with two attached hydrogens (primary N) is 1. The Balaban J connectivity index is 1.95. The SMILES string of the molecule is CCC(CC)CC(=O)C1C2CCC(C2)C1N. The zero-order chi connectivity index (χ0) is 11.7. The molecule has 2 rings (SSSR count). The number of hydrogen-bond acceptors (Lipinski definition) is 2. The van der Waals surface area contributed by atoms with Crippen molar-refractivity contribution in [3.8, 4) is 0 Å². The lowest BCUT2D eigenvalue weighted by Gasteiger charge is -2.28. The first-order valence-corrected chi connectivity index (χ1v) is 6.95. The molecule has 2 heteroatoms. The standard InChI is InChI=1S/C14H25NO/c1-3-9(4-2)7-12(16)13-10-5-6-11(8-10)14(13)15/h9-11,13-14H,3-8,15H2,1-2H3. The first kappa shape index (κ1) is 12.1. The van der Waals surface area contributed by atoms with Crippen molar-refractivity contribution in [3.63, 3.8) is 0 Å². The maximum absolute atomic E-state index is 12.3. The number of carbonyl (C=O) groups is 1. The Bertz CT molecular complexity index is 257. The van der Waals surface area contributed by atoms with Gasteiger partial charge in [0.1, 0.15) is 5.78 Å². The molecule has 16 heavy (non-hydrogen) atoms. The molecule has 4 atom stereocenters. The lowest BCUT2D eigenvalue weighted by atomic mass is 9.79. The second kappa shape index (κ2) is 4.87. The number of hydrogen-bond donors (Lipinski definition) is 1. The van der Waals surface area contributed by atoms with Crippen molar-refractivity contribution in [2.75, 3.05) is 0 Å². The van der Waals surface area contributed by atoms with Gasteiger partial charge in [0.25, 0.3) is 0 Å². The fourth-order valence-corrected chi connectivity index (χ4v) is 3.81. The minimum Gasteiger partial charge on any atom is -0.327 e. The Morgan fingerprint density at radius 3 is 2.38 bits per heavy atom. The lowest BCUT2D eigenvalue weighted by Crippen LogP contribution is -2.40. The van der Waals surface area contributed by atoms with Gasteiger partial charge in [-0.3, -0.25) is 4.79 Å². The van der Waals surface area contributed by atoms with Gasteiger partial charge in [0.15, 0.2) is 0 Å². The van der Waals surface area contributed by atoms with Crippen LogP contribution in [0.2, 0.25) is 0 Å². The van der Waals surface area contributed by atoms with Crippen LogP contribution in [0, 0.1) is 23.7 Å². The van der Waals surface area contributed by atoms with E-state index in [-0.39, 0.29) is 12.0 Å². The van der Waals surface area contributed by atoms with Crippen LogP contribution in [0.1, 0.15) is 52.4 Å². The number of ketones is 1. The maximum atomic E-state index is 12.3. The highest BCUT2D eigenvalue weighted by atomic mass is 16.1. The van der Waals surface area contributed by atoms with E-state index in [0.29, 0.717) is 23.5 Å². The van der Waals surface area contributed by atoms with Crippen molar-refractivity contribution < 1.29 is 4.79 Å². The summed E-state index contributed by atoms with van der Waals surface area (Å²) in [6, 6.07) is 0.181. The molecule has 0 spiro atoms. The smallest absolute Gasteiger partial charge is 0.138 e. The lowest BCUT2D eigenvalue weighted by molar-refractivity contribution is -0.125. The van der Waals surface area contributed by atoms with Crippen LogP contribution in [-0.4, -0.2) is 11.8 Å². The molecule has 0 aromatic rings. The van der Waals surface area contributed by atoms with E-state index in [1.165, 1.54) is 19.3 Å². The van der Waals surface area contributed by atoms with Crippen molar-refractivity contribution in [2.24, 2.45) is 29.4 Å². The predicted octanol–water partition coefficient (Wildman–Crippen LogP) is 2.76. The Hall–Kier alpha value is -0.370.